The van der Waals surface area contributed by atoms with E-state index in [1.165, 1.54) is 5.56 Å². The smallest absolute Gasteiger partial charge is 0.248 e. The van der Waals surface area contributed by atoms with Gasteiger partial charge in [-0.2, -0.15) is 0 Å². The van der Waals surface area contributed by atoms with E-state index >= 15 is 0 Å². The Labute approximate surface area is 196 Å². The second-order valence-electron chi connectivity index (χ2n) is 7.57. The molecule has 0 aliphatic heterocycles. The number of hydrogen-bond acceptors (Lipinski definition) is 3. The number of allylic oxidation sites excluding steroid dienone is 1. The highest BCUT2D eigenvalue weighted by atomic mass is 79.9. The van der Waals surface area contributed by atoms with E-state index in [2.05, 4.69) is 28.2 Å². The van der Waals surface area contributed by atoms with Crippen LogP contribution in [0.25, 0.3) is 27.7 Å². The SMILES string of the molecule is CCc1ccc(NC(=O)/C=C(\C)c2cc3c(-c4ccc(Br)cc4)coc3cc2OC)cc1. The first-order valence-corrected chi connectivity index (χ1v) is 11.2. The molecule has 4 nitrogen and oxygen atoms in total. The van der Waals surface area contributed by atoms with Crippen LogP contribution >= 0.6 is 15.9 Å². The molecule has 0 radical (unpaired) electrons. The number of anilines is 1. The van der Waals surface area contributed by atoms with Gasteiger partial charge in [-0.3, -0.25) is 4.79 Å². The molecule has 32 heavy (non-hydrogen) atoms. The fourth-order valence-corrected chi connectivity index (χ4v) is 3.93. The lowest BCUT2D eigenvalue weighted by Gasteiger charge is -2.10. The molecule has 162 valence electrons. The predicted molar refractivity (Wildman–Crippen MR) is 134 cm³/mol. The van der Waals surface area contributed by atoms with Gasteiger partial charge in [-0.15, -0.1) is 0 Å². The van der Waals surface area contributed by atoms with Crippen molar-refractivity contribution in [3.05, 3.63) is 88.6 Å². The third kappa shape index (κ3) is 4.63. The maximum atomic E-state index is 12.6. The van der Waals surface area contributed by atoms with E-state index in [9.17, 15) is 4.79 Å². The predicted octanol–water partition coefficient (Wildman–Crippen LogP) is 7.48. The van der Waals surface area contributed by atoms with E-state index in [1.54, 1.807) is 19.4 Å². The Morgan fingerprint density at radius 3 is 2.47 bits per heavy atom. The Morgan fingerprint density at radius 1 is 1.09 bits per heavy atom. The zero-order valence-corrected chi connectivity index (χ0v) is 19.8. The second-order valence-corrected chi connectivity index (χ2v) is 8.49. The van der Waals surface area contributed by atoms with Crippen molar-refractivity contribution in [1.82, 2.24) is 0 Å². The lowest BCUT2D eigenvalue weighted by atomic mass is 9.99. The van der Waals surface area contributed by atoms with E-state index < -0.39 is 0 Å². The number of methoxy groups -OCH3 is 1. The molecule has 0 saturated heterocycles. The van der Waals surface area contributed by atoms with E-state index in [0.717, 1.165) is 49.8 Å². The van der Waals surface area contributed by atoms with Crippen molar-refractivity contribution in [2.45, 2.75) is 20.3 Å². The number of aryl methyl sites for hydroxylation is 1. The summed E-state index contributed by atoms with van der Waals surface area (Å²) in [5.41, 5.74) is 6.42. The molecule has 0 aliphatic carbocycles. The summed E-state index contributed by atoms with van der Waals surface area (Å²) in [7, 11) is 1.62. The molecule has 4 aromatic rings. The van der Waals surface area contributed by atoms with Gasteiger partial charge in [0.25, 0.3) is 0 Å². The molecule has 4 rings (SSSR count). The summed E-state index contributed by atoms with van der Waals surface area (Å²) in [6, 6.07) is 19.8. The minimum atomic E-state index is -0.186. The lowest BCUT2D eigenvalue weighted by molar-refractivity contribution is -0.111. The molecule has 1 amide bonds. The molecule has 5 heteroatoms. The third-order valence-electron chi connectivity index (χ3n) is 5.45. The van der Waals surface area contributed by atoms with Crippen molar-refractivity contribution in [1.29, 1.82) is 0 Å². The molecule has 0 atom stereocenters. The average Bonchev–Trinajstić information content (AvgIpc) is 3.22. The fraction of sp³-hybridized carbons (Fsp3) is 0.148. The number of fused-ring (bicyclic) bond motifs is 1. The molecule has 1 heterocycles. The van der Waals surface area contributed by atoms with Crippen molar-refractivity contribution in [3.63, 3.8) is 0 Å². The van der Waals surface area contributed by atoms with Gasteiger partial charge < -0.3 is 14.5 Å². The molecule has 0 spiro atoms. The molecule has 1 N–H and O–H groups in total. The third-order valence-corrected chi connectivity index (χ3v) is 5.98. The van der Waals surface area contributed by atoms with Gasteiger partial charge in [-0.25, -0.2) is 0 Å². The highest BCUT2D eigenvalue weighted by Crippen LogP contribution is 2.37. The topological polar surface area (TPSA) is 51.5 Å². The largest absolute Gasteiger partial charge is 0.496 e. The summed E-state index contributed by atoms with van der Waals surface area (Å²) in [6.07, 6.45) is 4.31. The fourth-order valence-electron chi connectivity index (χ4n) is 3.66. The molecule has 0 aliphatic rings. The van der Waals surface area contributed by atoms with Crippen LogP contribution in [0.1, 0.15) is 25.0 Å². The van der Waals surface area contributed by atoms with Crippen LogP contribution in [0.4, 0.5) is 5.69 Å². The van der Waals surface area contributed by atoms with Gasteiger partial charge in [-0.1, -0.05) is 47.1 Å². The number of ether oxygens (including phenoxy) is 1. The van der Waals surface area contributed by atoms with Crippen molar-refractivity contribution in [2.75, 3.05) is 12.4 Å². The van der Waals surface area contributed by atoms with Crippen molar-refractivity contribution in [3.8, 4) is 16.9 Å². The molecule has 3 aromatic carbocycles. The quantitative estimate of drug-likeness (QED) is 0.285. The van der Waals surface area contributed by atoms with Gasteiger partial charge in [0.2, 0.25) is 5.91 Å². The van der Waals surface area contributed by atoms with Crippen molar-refractivity contribution >= 4 is 44.1 Å². The molecule has 0 fully saturated rings. The zero-order chi connectivity index (χ0) is 22.7. The minimum absolute atomic E-state index is 0.186. The van der Waals surface area contributed by atoms with Crippen LogP contribution in [0.5, 0.6) is 5.75 Å². The minimum Gasteiger partial charge on any atom is -0.496 e. The Morgan fingerprint density at radius 2 is 1.81 bits per heavy atom. The first kappa shape index (κ1) is 21.9. The number of hydrogen-bond donors (Lipinski definition) is 1. The average molecular weight is 490 g/mol. The normalized spacial score (nSPS) is 11.6. The van der Waals surface area contributed by atoms with Gasteiger partial charge >= 0.3 is 0 Å². The lowest BCUT2D eigenvalue weighted by Crippen LogP contribution is -2.08. The first-order chi connectivity index (χ1) is 15.5. The molecule has 0 saturated carbocycles. The maximum absolute atomic E-state index is 12.6. The number of benzene rings is 3. The number of amides is 1. The Hall–Kier alpha value is -3.31. The van der Waals surface area contributed by atoms with Gasteiger partial charge in [0.05, 0.1) is 13.4 Å². The maximum Gasteiger partial charge on any atom is 0.248 e. The van der Waals surface area contributed by atoms with Crippen LogP contribution in [-0.4, -0.2) is 13.0 Å². The van der Waals surface area contributed by atoms with Crippen LogP contribution in [0, 0.1) is 0 Å². The number of carbonyl (C=O) groups is 1. The van der Waals surface area contributed by atoms with Gasteiger partial charge in [-0.05, 0) is 60.4 Å². The number of nitrogens with one attached hydrogen (secondary N) is 1. The summed E-state index contributed by atoms with van der Waals surface area (Å²) < 4.78 is 12.4. The summed E-state index contributed by atoms with van der Waals surface area (Å²) >= 11 is 3.48. The van der Waals surface area contributed by atoms with Crippen molar-refractivity contribution in [2.24, 2.45) is 0 Å². The molecule has 0 unspecified atom stereocenters. The number of rotatable bonds is 6. The van der Waals surface area contributed by atoms with Gasteiger partial charge in [0.15, 0.2) is 0 Å². The van der Waals surface area contributed by atoms with E-state index in [0.29, 0.717) is 5.75 Å². The van der Waals surface area contributed by atoms with Crippen LogP contribution in [0.15, 0.2) is 81.9 Å². The summed E-state index contributed by atoms with van der Waals surface area (Å²) in [5, 5.41) is 3.89. The number of furan rings is 1. The highest BCUT2D eigenvalue weighted by Gasteiger charge is 2.15. The highest BCUT2D eigenvalue weighted by molar-refractivity contribution is 9.10. The molecular formula is C27H24BrNO3. The standard InChI is InChI=1S/C27H24BrNO3/c1-4-18-5-11-21(12-6-18)29-27(30)13-17(2)22-14-23-24(19-7-9-20(28)10-8-19)16-32-26(23)15-25(22)31-3/h5-16H,4H2,1-3H3,(H,29,30)/b17-13+. The van der Waals surface area contributed by atoms with Crippen LogP contribution < -0.4 is 10.1 Å². The number of halogens is 1. The van der Waals surface area contributed by atoms with Crippen LogP contribution in [-0.2, 0) is 11.2 Å². The van der Waals surface area contributed by atoms with E-state index in [4.69, 9.17) is 9.15 Å². The van der Waals surface area contributed by atoms with E-state index in [1.807, 2.05) is 67.6 Å². The van der Waals surface area contributed by atoms with Crippen LogP contribution in [0.3, 0.4) is 0 Å². The Kier molecular flexibility index (Phi) is 6.47. The Bertz CT molecular complexity index is 1290. The second kappa shape index (κ2) is 9.45. The zero-order valence-electron chi connectivity index (χ0n) is 18.2. The first-order valence-electron chi connectivity index (χ1n) is 10.4. The van der Waals surface area contributed by atoms with Gasteiger partial charge in [0.1, 0.15) is 11.3 Å². The molecule has 1 aromatic heterocycles. The summed E-state index contributed by atoms with van der Waals surface area (Å²) in [5.74, 6) is 0.470. The molecular weight excluding hydrogens is 466 g/mol. The van der Waals surface area contributed by atoms with E-state index in [-0.39, 0.29) is 5.91 Å². The van der Waals surface area contributed by atoms with Crippen molar-refractivity contribution < 1.29 is 13.9 Å². The monoisotopic (exact) mass is 489 g/mol. The van der Waals surface area contributed by atoms with Gasteiger partial charge in [0, 0.05) is 38.8 Å². The molecule has 0 bridgehead atoms. The van der Waals surface area contributed by atoms with Crippen LogP contribution in [0.2, 0.25) is 0 Å². The summed E-state index contributed by atoms with van der Waals surface area (Å²) in [6.45, 7) is 4.01. The number of carbonyl (C=O) groups excluding carboxylic acids is 1. The Balaban J connectivity index is 1.67. The summed E-state index contributed by atoms with van der Waals surface area (Å²) in [4.78, 5) is 12.6.